The molecular formula is C14H11N3O. The van der Waals surface area contributed by atoms with Crippen LogP contribution in [0.5, 0.6) is 0 Å². The minimum absolute atomic E-state index is 0.612. The molecule has 2 rings (SSSR count). The molecule has 0 aliphatic heterocycles. The Kier molecular flexibility index (Phi) is 4.01. The minimum Gasteiger partial charge on any atom is -0.465 e. The quantitative estimate of drug-likeness (QED) is 0.321. The largest absolute Gasteiger partial charge is 0.465 e. The van der Waals surface area contributed by atoms with Gasteiger partial charge in [0.2, 0.25) is 0 Å². The number of nitrogens with zero attached hydrogens (tertiary/aromatic N) is 3. The fourth-order valence-electron chi connectivity index (χ4n) is 1.41. The number of furan rings is 1. The number of hydrogen-bond acceptors (Lipinski definition) is 2. The van der Waals surface area contributed by atoms with E-state index in [2.05, 4.69) is 10.0 Å². The third-order valence-electron chi connectivity index (χ3n) is 2.26. The van der Waals surface area contributed by atoms with Crippen LogP contribution >= 0.6 is 0 Å². The van der Waals surface area contributed by atoms with E-state index < -0.39 is 0 Å². The van der Waals surface area contributed by atoms with Gasteiger partial charge in [-0.2, -0.15) is 0 Å². The predicted octanol–water partition coefficient (Wildman–Crippen LogP) is 4.95. The molecule has 1 aromatic carbocycles. The molecule has 2 aromatic rings. The van der Waals surface area contributed by atoms with Gasteiger partial charge in [0.25, 0.3) is 0 Å². The van der Waals surface area contributed by atoms with Gasteiger partial charge in [-0.05, 0) is 29.3 Å². The Labute approximate surface area is 104 Å². The molecule has 0 radical (unpaired) electrons. The van der Waals surface area contributed by atoms with Crippen LogP contribution in [-0.2, 0) is 0 Å². The average molecular weight is 237 g/mol. The van der Waals surface area contributed by atoms with Crippen molar-refractivity contribution in [3.8, 4) is 0 Å². The van der Waals surface area contributed by atoms with E-state index in [9.17, 15) is 0 Å². The van der Waals surface area contributed by atoms with Crippen molar-refractivity contribution >= 4 is 17.8 Å². The van der Waals surface area contributed by atoms with Gasteiger partial charge in [0.1, 0.15) is 5.76 Å². The first kappa shape index (κ1) is 11.8. The lowest BCUT2D eigenvalue weighted by atomic mass is 10.2. The molecule has 0 N–H and O–H groups in total. The Morgan fingerprint density at radius 1 is 1.06 bits per heavy atom. The van der Waals surface area contributed by atoms with Gasteiger partial charge in [-0.15, -0.1) is 0 Å². The monoisotopic (exact) mass is 237 g/mol. The second-order valence-electron chi connectivity index (χ2n) is 3.51. The molecule has 0 spiro atoms. The van der Waals surface area contributed by atoms with E-state index in [-0.39, 0.29) is 0 Å². The molecule has 1 heterocycles. The molecule has 18 heavy (non-hydrogen) atoms. The highest BCUT2D eigenvalue weighted by Gasteiger charge is 1.88. The van der Waals surface area contributed by atoms with E-state index in [4.69, 9.17) is 9.95 Å². The standard InChI is InChI=1S/C14H11N3O/c15-17-16-13-9-7-12(8-10-13)4-1-2-5-14-6-3-11-18-14/h1-11H. The van der Waals surface area contributed by atoms with Crippen LogP contribution in [0.25, 0.3) is 22.6 Å². The van der Waals surface area contributed by atoms with Crippen molar-refractivity contribution in [2.24, 2.45) is 5.11 Å². The Morgan fingerprint density at radius 2 is 1.83 bits per heavy atom. The predicted molar refractivity (Wildman–Crippen MR) is 72.0 cm³/mol. The average Bonchev–Trinajstić information content (AvgIpc) is 2.90. The smallest absolute Gasteiger partial charge is 0.126 e. The number of benzene rings is 1. The van der Waals surface area contributed by atoms with Crippen LogP contribution < -0.4 is 0 Å². The van der Waals surface area contributed by atoms with Crippen molar-refractivity contribution in [3.63, 3.8) is 0 Å². The molecule has 0 aliphatic carbocycles. The fourth-order valence-corrected chi connectivity index (χ4v) is 1.41. The van der Waals surface area contributed by atoms with Gasteiger partial charge >= 0.3 is 0 Å². The Bertz CT molecular complexity index is 588. The summed E-state index contributed by atoms with van der Waals surface area (Å²) >= 11 is 0. The molecular weight excluding hydrogens is 226 g/mol. The molecule has 0 saturated heterocycles. The zero-order chi connectivity index (χ0) is 12.6. The van der Waals surface area contributed by atoms with Crippen molar-refractivity contribution < 1.29 is 4.42 Å². The second-order valence-corrected chi connectivity index (χ2v) is 3.51. The number of allylic oxidation sites excluding steroid dienone is 2. The van der Waals surface area contributed by atoms with E-state index in [1.54, 1.807) is 18.4 Å². The molecule has 4 nitrogen and oxygen atoms in total. The highest BCUT2D eigenvalue weighted by atomic mass is 16.3. The van der Waals surface area contributed by atoms with Crippen LogP contribution in [0.3, 0.4) is 0 Å². The first-order chi connectivity index (χ1) is 8.88. The van der Waals surface area contributed by atoms with E-state index in [0.29, 0.717) is 5.69 Å². The second kappa shape index (κ2) is 6.13. The van der Waals surface area contributed by atoms with Crippen molar-refractivity contribution in [1.82, 2.24) is 0 Å². The van der Waals surface area contributed by atoms with Gasteiger partial charge in [0.15, 0.2) is 0 Å². The van der Waals surface area contributed by atoms with Gasteiger partial charge in [-0.1, -0.05) is 47.6 Å². The van der Waals surface area contributed by atoms with Crippen LogP contribution in [-0.4, -0.2) is 0 Å². The van der Waals surface area contributed by atoms with Gasteiger partial charge in [-0.25, -0.2) is 0 Å². The van der Waals surface area contributed by atoms with E-state index in [1.807, 2.05) is 48.6 Å². The molecule has 0 aliphatic rings. The van der Waals surface area contributed by atoms with Crippen LogP contribution in [0, 0.1) is 0 Å². The summed E-state index contributed by atoms with van der Waals surface area (Å²) in [4.78, 5) is 2.72. The summed E-state index contributed by atoms with van der Waals surface area (Å²) in [6.45, 7) is 0. The normalized spacial score (nSPS) is 10.9. The van der Waals surface area contributed by atoms with E-state index >= 15 is 0 Å². The summed E-state index contributed by atoms with van der Waals surface area (Å²) in [6.07, 6.45) is 9.30. The number of hydrogen-bond donors (Lipinski definition) is 0. The van der Waals surface area contributed by atoms with Gasteiger partial charge in [0.05, 0.1) is 6.26 Å². The lowest BCUT2D eigenvalue weighted by molar-refractivity contribution is 0.557. The van der Waals surface area contributed by atoms with Crippen molar-refractivity contribution in [1.29, 1.82) is 0 Å². The van der Waals surface area contributed by atoms with Crippen LogP contribution in [0.2, 0.25) is 0 Å². The van der Waals surface area contributed by atoms with Crippen molar-refractivity contribution in [2.45, 2.75) is 0 Å². The van der Waals surface area contributed by atoms with Crippen molar-refractivity contribution in [2.75, 3.05) is 0 Å². The molecule has 88 valence electrons. The summed E-state index contributed by atoms with van der Waals surface area (Å²) in [5, 5.41) is 3.51. The molecule has 0 atom stereocenters. The zero-order valence-electron chi connectivity index (χ0n) is 9.60. The molecule has 0 saturated carbocycles. The van der Waals surface area contributed by atoms with Gasteiger partial charge < -0.3 is 4.42 Å². The van der Waals surface area contributed by atoms with Gasteiger partial charge in [-0.3, -0.25) is 0 Å². The summed E-state index contributed by atoms with van der Waals surface area (Å²) < 4.78 is 5.16. The summed E-state index contributed by atoms with van der Waals surface area (Å²) in [7, 11) is 0. The number of rotatable bonds is 4. The third-order valence-corrected chi connectivity index (χ3v) is 2.26. The van der Waals surface area contributed by atoms with Crippen molar-refractivity contribution in [3.05, 3.63) is 76.6 Å². The number of azide groups is 1. The summed E-state index contributed by atoms with van der Waals surface area (Å²) in [5.74, 6) is 0.818. The molecule has 0 amide bonds. The molecule has 0 fully saturated rings. The van der Waals surface area contributed by atoms with Crippen LogP contribution in [0.4, 0.5) is 5.69 Å². The van der Waals surface area contributed by atoms with E-state index in [0.717, 1.165) is 11.3 Å². The van der Waals surface area contributed by atoms with Crippen LogP contribution in [0.1, 0.15) is 11.3 Å². The highest BCUT2D eigenvalue weighted by Crippen LogP contribution is 2.14. The minimum atomic E-state index is 0.612. The zero-order valence-corrected chi connectivity index (χ0v) is 9.60. The topological polar surface area (TPSA) is 61.9 Å². The summed E-state index contributed by atoms with van der Waals surface area (Å²) in [6, 6.07) is 11.1. The highest BCUT2D eigenvalue weighted by molar-refractivity contribution is 5.57. The van der Waals surface area contributed by atoms with Crippen LogP contribution in [0.15, 0.2) is 64.3 Å². The molecule has 0 bridgehead atoms. The molecule has 1 aromatic heterocycles. The lowest BCUT2D eigenvalue weighted by Crippen LogP contribution is -1.69. The fraction of sp³-hybridized carbons (Fsp3) is 0. The maximum Gasteiger partial charge on any atom is 0.126 e. The maximum atomic E-state index is 8.28. The van der Waals surface area contributed by atoms with Gasteiger partial charge in [0, 0.05) is 10.6 Å². The molecule has 4 heteroatoms. The lowest BCUT2D eigenvalue weighted by Gasteiger charge is -1.93. The Morgan fingerprint density at radius 3 is 2.50 bits per heavy atom. The first-order valence-corrected chi connectivity index (χ1v) is 5.42. The summed E-state index contributed by atoms with van der Waals surface area (Å²) in [5.41, 5.74) is 9.93. The Balaban J connectivity index is 1.98. The Hall–Kier alpha value is -2.71. The SMILES string of the molecule is [N-]=[N+]=Nc1ccc(C=CC=Cc2ccco2)cc1. The van der Waals surface area contributed by atoms with E-state index in [1.165, 1.54) is 0 Å². The molecule has 0 unspecified atom stereocenters. The third kappa shape index (κ3) is 3.40. The maximum absolute atomic E-state index is 8.28. The first-order valence-electron chi connectivity index (χ1n) is 5.42.